The highest BCUT2D eigenvalue weighted by atomic mass is 16.5. The lowest BCUT2D eigenvalue weighted by Gasteiger charge is -2.26. The molecule has 1 aliphatic heterocycles. The Morgan fingerprint density at radius 3 is 2.65 bits per heavy atom. The van der Waals surface area contributed by atoms with Crippen molar-refractivity contribution < 1.29 is 4.74 Å². The summed E-state index contributed by atoms with van der Waals surface area (Å²) in [7, 11) is 0. The molecule has 2 aliphatic rings. The molecule has 0 bridgehead atoms. The zero-order valence-corrected chi connectivity index (χ0v) is 12.8. The first kappa shape index (κ1) is 14.1. The molecule has 1 saturated heterocycles. The summed E-state index contributed by atoms with van der Waals surface area (Å²) in [5.74, 6) is 0. The van der Waals surface area contributed by atoms with Crippen LogP contribution >= 0.6 is 0 Å². The van der Waals surface area contributed by atoms with Crippen LogP contribution in [0.25, 0.3) is 0 Å². The van der Waals surface area contributed by atoms with E-state index >= 15 is 0 Å². The zero-order chi connectivity index (χ0) is 13.9. The van der Waals surface area contributed by atoms with Crippen LogP contribution in [0.1, 0.15) is 62.3 Å². The fourth-order valence-electron chi connectivity index (χ4n) is 3.62. The third-order valence-electron chi connectivity index (χ3n) is 4.91. The summed E-state index contributed by atoms with van der Waals surface area (Å²) in [6.07, 6.45) is 8.05. The molecule has 1 aliphatic carbocycles. The second-order valence-electron chi connectivity index (χ2n) is 6.46. The zero-order valence-electron chi connectivity index (χ0n) is 12.8. The first-order valence-electron chi connectivity index (χ1n) is 8.23. The van der Waals surface area contributed by atoms with Crippen molar-refractivity contribution in [3.05, 3.63) is 34.9 Å². The van der Waals surface area contributed by atoms with E-state index < -0.39 is 0 Å². The largest absolute Gasteiger partial charge is 0.377 e. The van der Waals surface area contributed by atoms with Crippen LogP contribution < -0.4 is 5.32 Å². The molecule has 1 aromatic carbocycles. The first-order chi connectivity index (χ1) is 9.74. The molecule has 3 atom stereocenters. The average molecular weight is 273 g/mol. The summed E-state index contributed by atoms with van der Waals surface area (Å²) >= 11 is 0. The summed E-state index contributed by atoms with van der Waals surface area (Å²) in [4.78, 5) is 0. The van der Waals surface area contributed by atoms with Crippen LogP contribution in [0.3, 0.4) is 0 Å². The Morgan fingerprint density at radius 2 is 1.90 bits per heavy atom. The Kier molecular flexibility index (Phi) is 4.42. The first-order valence-corrected chi connectivity index (χ1v) is 8.23. The second kappa shape index (κ2) is 6.28. The Labute approximate surface area is 122 Å². The maximum atomic E-state index is 5.78. The third kappa shape index (κ3) is 3.07. The summed E-state index contributed by atoms with van der Waals surface area (Å²) < 4.78 is 5.78. The number of benzene rings is 1. The van der Waals surface area contributed by atoms with Crippen molar-refractivity contribution in [3.8, 4) is 0 Å². The van der Waals surface area contributed by atoms with Crippen LogP contribution in [-0.2, 0) is 17.6 Å². The molecular formula is C18H27NO. The van der Waals surface area contributed by atoms with Gasteiger partial charge in [0.2, 0.25) is 0 Å². The van der Waals surface area contributed by atoms with Gasteiger partial charge in [0.05, 0.1) is 6.10 Å². The van der Waals surface area contributed by atoms with Gasteiger partial charge in [-0.2, -0.15) is 0 Å². The van der Waals surface area contributed by atoms with Gasteiger partial charge in [0.25, 0.3) is 0 Å². The SMILES string of the molecule is CC(NC(C)C1CCCO1)c1ccc2c(c1)CCCC2. The molecule has 3 unspecified atom stereocenters. The molecule has 0 saturated carbocycles. The maximum absolute atomic E-state index is 5.78. The van der Waals surface area contributed by atoms with E-state index in [1.165, 1.54) is 44.1 Å². The van der Waals surface area contributed by atoms with Gasteiger partial charge in [-0.05, 0) is 69.1 Å². The number of nitrogens with one attached hydrogen (secondary N) is 1. The van der Waals surface area contributed by atoms with Crippen LogP contribution in [-0.4, -0.2) is 18.8 Å². The minimum Gasteiger partial charge on any atom is -0.377 e. The smallest absolute Gasteiger partial charge is 0.0726 e. The van der Waals surface area contributed by atoms with Gasteiger partial charge in [-0.1, -0.05) is 18.2 Å². The van der Waals surface area contributed by atoms with Gasteiger partial charge in [-0.15, -0.1) is 0 Å². The summed E-state index contributed by atoms with van der Waals surface area (Å²) in [5.41, 5.74) is 4.57. The molecule has 1 heterocycles. The Balaban J connectivity index is 1.65. The third-order valence-corrected chi connectivity index (χ3v) is 4.91. The van der Waals surface area contributed by atoms with E-state index in [2.05, 4.69) is 37.4 Å². The van der Waals surface area contributed by atoms with E-state index in [1.807, 2.05) is 0 Å². The molecule has 2 heteroatoms. The molecule has 3 rings (SSSR count). The molecule has 1 N–H and O–H groups in total. The quantitative estimate of drug-likeness (QED) is 0.901. The molecule has 0 spiro atoms. The van der Waals surface area contributed by atoms with Gasteiger partial charge >= 0.3 is 0 Å². The van der Waals surface area contributed by atoms with Gasteiger partial charge in [-0.3, -0.25) is 0 Å². The van der Waals surface area contributed by atoms with Crippen molar-refractivity contribution in [1.29, 1.82) is 0 Å². The normalized spacial score (nSPS) is 25.2. The number of ether oxygens (including phenoxy) is 1. The van der Waals surface area contributed by atoms with E-state index in [-0.39, 0.29) is 0 Å². The lowest BCUT2D eigenvalue weighted by atomic mass is 9.89. The standard InChI is InChI=1S/C18H27NO/c1-13(19-14(2)18-8-5-11-20-18)16-10-9-15-6-3-4-7-17(15)12-16/h9-10,12-14,18-19H,3-8,11H2,1-2H3. The molecule has 1 fully saturated rings. The van der Waals surface area contributed by atoms with Crippen LogP contribution in [0.4, 0.5) is 0 Å². The van der Waals surface area contributed by atoms with Crippen molar-refractivity contribution in [2.45, 2.75) is 70.6 Å². The van der Waals surface area contributed by atoms with Crippen LogP contribution in [0.2, 0.25) is 0 Å². The van der Waals surface area contributed by atoms with E-state index in [4.69, 9.17) is 4.74 Å². The topological polar surface area (TPSA) is 21.3 Å². The molecule has 1 aromatic rings. The van der Waals surface area contributed by atoms with Crippen molar-refractivity contribution in [1.82, 2.24) is 5.32 Å². The van der Waals surface area contributed by atoms with Crippen molar-refractivity contribution in [2.24, 2.45) is 0 Å². The van der Waals surface area contributed by atoms with Crippen LogP contribution in [0.15, 0.2) is 18.2 Å². The lowest BCUT2D eigenvalue weighted by molar-refractivity contribution is 0.0804. The Morgan fingerprint density at radius 1 is 1.10 bits per heavy atom. The predicted molar refractivity (Wildman–Crippen MR) is 83.1 cm³/mol. The van der Waals surface area contributed by atoms with Gasteiger partial charge < -0.3 is 10.1 Å². The number of fused-ring (bicyclic) bond motifs is 1. The predicted octanol–water partition coefficient (Wildman–Crippen LogP) is 3.78. The minimum absolute atomic E-state index is 0.398. The van der Waals surface area contributed by atoms with Crippen molar-refractivity contribution >= 4 is 0 Å². The number of hydrogen-bond donors (Lipinski definition) is 1. The minimum atomic E-state index is 0.398. The fraction of sp³-hybridized carbons (Fsp3) is 0.667. The van der Waals surface area contributed by atoms with Gasteiger partial charge in [-0.25, -0.2) is 0 Å². The molecule has 0 radical (unpaired) electrons. The van der Waals surface area contributed by atoms with E-state index in [0.29, 0.717) is 18.2 Å². The molecule has 110 valence electrons. The fourth-order valence-corrected chi connectivity index (χ4v) is 3.62. The van der Waals surface area contributed by atoms with Gasteiger partial charge in [0, 0.05) is 18.7 Å². The van der Waals surface area contributed by atoms with Gasteiger partial charge in [0.1, 0.15) is 0 Å². The van der Waals surface area contributed by atoms with Gasteiger partial charge in [0.15, 0.2) is 0 Å². The number of rotatable bonds is 4. The Hall–Kier alpha value is -0.860. The van der Waals surface area contributed by atoms with Crippen molar-refractivity contribution in [3.63, 3.8) is 0 Å². The highest BCUT2D eigenvalue weighted by Gasteiger charge is 2.23. The average Bonchev–Trinajstić information content (AvgIpc) is 3.01. The van der Waals surface area contributed by atoms with E-state index in [0.717, 1.165) is 6.61 Å². The van der Waals surface area contributed by atoms with Crippen LogP contribution in [0, 0.1) is 0 Å². The monoisotopic (exact) mass is 273 g/mol. The second-order valence-corrected chi connectivity index (χ2v) is 6.46. The summed E-state index contributed by atoms with van der Waals surface area (Å²) in [6, 6.07) is 7.92. The van der Waals surface area contributed by atoms with Crippen molar-refractivity contribution in [2.75, 3.05) is 6.61 Å². The van der Waals surface area contributed by atoms with E-state index in [1.54, 1.807) is 11.1 Å². The van der Waals surface area contributed by atoms with Crippen LogP contribution in [0.5, 0.6) is 0 Å². The lowest BCUT2D eigenvalue weighted by Crippen LogP contribution is -2.38. The highest BCUT2D eigenvalue weighted by molar-refractivity contribution is 5.35. The number of aryl methyl sites for hydroxylation is 2. The maximum Gasteiger partial charge on any atom is 0.0726 e. The summed E-state index contributed by atoms with van der Waals surface area (Å²) in [6.45, 7) is 5.46. The van der Waals surface area contributed by atoms with E-state index in [9.17, 15) is 0 Å². The molecular weight excluding hydrogens is 246 g/mol. The number of hydrogen-bond acceptors (Lipinski definition) is 2. The summed E-state index contributed by atoms with van der Waals surface area (Å²) in [5, 5.41) is 3.72. The highest BCUT2D eigenvalue weighted by Crippen LogP contribution is 2.25. The molecule has 20 heavy (non-hydrogen) atoms. The Bertz CT molecular complexity index is 451. The molecule has 2 nitrogen and oxygen atoms in total. The molecule has 0 amide bonds. The molecule has 0 aromatic heterocycles.